The Hall–Kier alpha value is -1.56. The number of sulfonamides is 1. The minimum atomic E-state index is -3.52. The largest absolute Gasteiger partial charge is 0.355 e. The predicted octanol–water partition coefficient (Wildman–Crippen LogP) is 1.37. The van der Waals surface area contributed by atoms with Crippen molar-refractivity contribution in [2.45, 2.75) is 26.3 Å². The Morgan fingerprint density at radius 3 is 2.26 bits per heavy atom. The second-order valence-electron chi connectivity index (χ2n) is 4.21. The van der Waals surface area contributed by atoms with Crippen molar-refractivity contribution in [1.82, 2.24) is 5.32 Å². The predicted molar refractivity (Wildman–Crippen MR) is 76.5 cm³/mol. The van der Waals surface area contributed by atoms with Crippen LogP contribution in [0.3, 0.4) is 0 Å². The Morgan fingerprint density at radius 1 is 1.26 bits per heavy atom. The van der Waals surface area contributed by atoms with Crippen LogP contribution < -0.4 is 9.62 Å². The minimum absolute atomic E-state index is 0.278. The fourth-order valence-electron chi connectivity index (χ4n) is 1.93. The Labute approximate surface area is 114 Å². The third kappa shape index (κ3) is 3.96. The van der Waals surface area contributed by atoms with Gasteiger partial charge in [0.25, 0.3) is 0 Å². The average molecular weight is 284 g/mol. The number of amides is 1. The molecule has 1 rings (SSSR count). The second-order valence-corrected chi connectivity index (χ2v) is 6.07. The Kier molecular flexibility index (Phi) is 5.35. The first-order chi connectivity index (χ1) is 8.91. The van der Waals surface area contributed by atoms with Gasteiger partial charge < -0.3 is 5.32 Å². The van der Waals surface area contributed by atoms with Crippen LogP contribution in [0.1, 0.15) is 20.3 Å². The number of benzene rings is 1. The smallest absolute Gasteiger partial charge is 0.243 e. The monoisotopic (exact) mass is 284 g/mol. The van der Waals surface area contributed by atoms with Crippen molar-refractivity contribution < 1.29 is 13.2 Å². The van der Waals surface area contributed by atoms with Crippen LogP contribution in [0.25, 0.3) is 0 Å². The molecule has 106 valence electrons. The number of anilines is 1. The van der Waals surface area contributed by atoms with Crippen LogP contribution in [0.2, 0.25) is 0 Å². The molecule has 0 saturated heterocycles. The van der Waals surface area contributed by atoms with Crippen molar-refractivity contribution in [1.29, 1.82) is 0 Å². The summed E-state index contributed by atoms with van der Waals surface area (Å²) in [4.78, 5) is 12.0. The van der Waals surface area contributed by atoms with E-state index in [2.05, 4.69) is 5.32 Å². The highest BCUT2D eigenvalue weighted by Gasteiger charge is 2.30. The van der Waals surface area contributed by atoms with Gasteiger partial charge in [0, 0.05) is 6.54 Å². The molecule has 0 bridgehead atoms. The van der Waals surface area contributed by atoms with E-state index in [-0.39, 0.29) is 5.91 Å². The maximum absolute atomic E-state index is 12.0. The van der Waals surface area contributed by atoms with Gasteiger partial charge >= 0.3 is 0 Å². The molecule has 0 fully saturated rings. The minimum Gasteiger partial charge on any atom is -0.355 e. The maximum atomic E-state index is 12.0. The number of rotatable bonds is 6. The van der Waals surface area contributed by atoms with E-state index in [4.69, 9.17) is 0 Å². The topological polar surface area (TPSA) is 66.5 Å². The fourth-order valence-corrected chi connectivity index (χ4v) is 3.14. The molecule has 0 aliphatic rings. The molecule has 1 amide bonds. The first-order valence-corrected chi connectivity index (χ1v) is 8.08. The van der Waals surface area contributed by atoms with Gasteiger partial charge in [-0.25, -0.2) is 8.42 Å². The molecule has 0 heterocycles. The van der Waals surface area contributed by atoms with Gasteiger partial charge in [0.1, 0.15) is 6.04 Å². The van der Waals surface area contributed by atoms with Gasteiger partial charge in [0.05, 0.1) is 11.9 Å². The van der Waals surface area contributed by atoms with Gasteiger partial charge in [-0.1, -0.05) is 25.1 Å². The van der Waals surface area contributed by atoms with E-state index >= 15 is 0 Å². The van der Waals surface area contributed by atoms with Crippen LogP contribution >= 0.6 is 0 Å². The molecule has 5 nitrogen and oxygen atoms in total. The van der Waals surface area contributed by atoms with E-state index in [1.54, 1.807) is 44.2 Å². The highest BCUT2D eigenvalue weighted by Crippen LogP contribution is 2.21. The van der Waals surface area contributed by atoms with Gasteiger partial charge in [-0.2, -0.15) is 0 Å². The lowest BCUT2D eigenvalue weighted by atomic mass is 10.2. The van der Waals surface area contributed by atoms with Crippen molar-refractivity contribution in [3.63, 3.8) is 0 Å². The van der Waals surface area contributed by atoms with E-state index in [0.29, 0.717) is 18.7 Å². The molecule has 0 aromatic heterocycles. The summed E-state index contributed by atoms with van der Waals surface area (Å²) in [6.45, 7) is 4.07. The number of nitrogens with zero attached hydrogens (tertiary/aromatic N) is 1. The summed E-state index contributed by atoms with van der Waals surface area (Å²) in [5.74, 6) is -0.278. The van der Waals surface area contributed by atoms with Crippen molar-refractivity contribution in [2.75, 3.05) is 17.1 Å². The summed E-state index contributed by atoms with van der Waals surface area (Å²) < 4.78 is 25.2. The highest BCUT2D eigenvalue weighted by molar-refractivity contribution is 7.92. The number of carbonyl (C=O) groups excluding carboxylic acids is 1. The van der Waals surface area contributed by atoms with Crippen LogP contribution in [-0.2, 0) is 14.8 Å². The fraction of sp³-hybridized carbons (Fsp3) is 0.462. The molecule has 0 aliphatic carbocycles. The van der Waals surface area contributed by atoms with Crippen LogP contribution in [0.4, 0.5) is 5.69 Å². The maximum Gasteiger partial charge on any atom is 0.243 e. The van der Waals surface area contributed by atoms with Crippen LogP contribution in [0, 0.1) is 0 Å². The number of hydrogen-bond donors (Lipinski definition) is 1. The zero-order chi connectivity index (χ0) is 14.5. The van der Waals surface area contributed by atoms with E-state index in [1.165, 1.54) is 4.31 Å². The lowest BCUT2D eigenvalue weighted by Crippen LogP contribution is -2.49. The molecule has 6 heteroatoms. The Balaban J connectivity index is 3.21. The summed E-state index contributed by atoms with van der Waals surface area (Å²) in [5, 5.41) is 2.67. The molecular weight excluding hydrogens is 264 g/mol. The quantitative estimate of drug-likeness (QED) is 0.858. The average Bonchev–Trinajstić information content (AvgIpc) is 2.35. The first-order valence-electron chi connectivity index (χ1n) is 6.24. The van der Waals surface area contributed by atoms with Crippen molar-refractivity contribution in [3.8, 4) is 0 Å². The standard InChI is InChI=1S/C13H20N2O3S/c1-4-12(13(16)14-5-2)15(19(3,17)18)11-9-7-6-8-10-11/h6-10,12H,4-5H2,1-3H3,(H,14,16). The van der Waals surface area contributed by atoms with Crippen molar-refractivity contribution in [2.24, 2.45) is 0 Å². The lowest BCUT2D eigenvalue weighted by molar-refractivity contribution is -0.122. The van der Waals surface area contributed by atoms with Crippen LogP contribution in [0.15, 0.2) is 30.3 Å². The van der Waals surface area contributed by atoms with Crippen molar-refractivity contribution in [3.05, 3.63) is 30.3 Å². The number of nitrogens with one attached hydrogen (secondary N) is 1. The molecule has 1 aromatic rings. The number of likely N-dealkylation sites (N-methyl/N-ethyl adjacent to an activating group) is 1. The molecule has 0 spiro atoms. The summed E-state index contributed by atoms with van der Waals surface area (Å²) in [6, 6.07) is 7.94. The third-order valence-corrected chi connectivity index (χ3v) is 3.87. The van der Waals surface area contributed by atoms with Gasteiger partial charge in [-0.3, -0.25) is 9.10 Å². The van der Waals surface area contributed by atoms with E-state index < -0.39 is 16.1 Å². The highest BCUT2D eigenvalue weighted by atomic mass is 32.2. The van der Waals surface area contributed by atoms with Crippen LogP contribution in [-0.4, -0.2) is 33.2 Å². The van der Waals surface area contributed by atoms with Crippen LogP contribution in [0.5, 0.6) is 0 Å². The molecule has 1 unspecified atom stereocenters. The first kappa shape index (κ1) is 15.5. The SMILES string of the molecule is CCNC(=O)C(CC)N(c1ccccc1)S(C)(=O)=O. The molecule has 1 atom stereocenters. The number of hydrogen-bond acceptors (Lipinski definition) is 3. The van der Waals surface area contributed by atoms with Gasteiger partial charge in [-0.15, -0.1) is 0 Å². The molecule has 0 aliphatic heterocycles. The second kappa shape index (κ2) is 6.56. The normalized spacial score (nSPS) is 12.8. The zero-order valence-corrected chi connectivity index (χ0v) is 12.3. The summed E-state index contributed by atoms with van der Waals surface area (Å²) in [5.41, 5.74) is 0.503. The van der Waals surface area contributed by atoms with Gasteiger partial charge in [0.15, 0.2) is 0 Å². The van der Waals surface area contributed by atoms with E-state index in [1.807, 2.05) is 0 Å². The van der Waals surface area contributed by atoms with Crippen molar-refractivity contribution >= 4 is 21.6 Å². The number of para-hydroxylation sites is 1. The number of carbonyl (C=O) groups is 1. The van der Waals surface area contributed by atoms with E-state index in [0.717, 1.165) is 6.26 Å². The Bertz CT molecular complexity index is 514. The molecule has 0 saturated carbocycles. The molecule has 0 radical (unpaired) electrons. The molecular formula is C13H20N2O3S. The lowest BCUT2D eigenvalue weighted by Gasteiger charge is -2.29. The van der Waals surface area contributed by atoms with E-state index in [9.17, 15) is 13.2 Å². The molecule has 1 aromatic carbocycles. The summed E-state index contributed by atoms with van der Waals surface area (Å²) in [7, 11) is -3.52. The summed E-state index contributed by atoms with van der Waals surface area (Å²) in [6.07, 6.45) is 1.52. The molecule has 19 heavy (non-hydrogen) atoms. The summed E-state index contributed by atoms with van der Waals surface area (Å²) >= 11 is 0. The Morgan fingerprint density at radius 2 is 1.84 bits per heavy atom. The molecule has 1 N–H and O–H groups in total. The van der Waals surface area contributed by atoms with Gasteiger partial charge in [0.2, 0.25) is 15.9 Å². The third-order valence-electron chi connectivity index (χ3n) is 2.69. The zero-order valence-electron chi connectivity index (χ0n) is 11.5. The van der Waals surface area contributed by atoms with Gasteiger partial charge in [-0.05, 0) is 25.5 Å².